The van der Waals surface area contributed by atoms with Crippen molar-refractivity contribution in [1.82, 2.24) is 19.6 Å². The molecule has 2 amide bonds. The molecular weight excluding hydrogens is 308 g/mol. The van der Waals surface area contributed by atoms with Gasteiger partial charge in [0.25, 0.3) is 0 Å². The third kappa shape index (κ3) is 3.22. The van der Waals surface area contributed by atoms with Crippen molar-refractivity contribution in [3.8, 4) is 5.88 Å². The molecule has 0 saturated heterocycles. The van der Waals surface area contributed by atoms with Gasteiger partial charge in [-0.3, -0.25) is 5.32 Å². The van der Waals surface area contributed by atoms with E-state index in [2.05, 4.69) is 20.8 Å². The minimum atomic E-state index is -0.332. The molecule has 8 nitrogen and oxygen atoms in total. The van der Waals surface area contributed by atoms with Crippen LogP contribution in [0.3, 0.4) is 0 Å². The summed E-state index contributed by atoms with van der Waals surface area (Å²) < 4.78 is 8.81. The molecular formula is C16H24N6O2. The zero-order valence-corrected chi connectivity index (χ0v) is 14.4. The lowest BCUT2D eigenvalue weighted by atomic mass is 9.96. The molecule has 1 aliphatic carbocycles. The van der Waals surface area contributed by atoms with E-state index in [4.69, 9.17) is 4.74 Å². The average molecular weight is 332 g/mol. The first-order valence-corrected chi connectivity index (χ1v) is 8.29. The summed E-state index contributed by atoms with van der Waals surface area (Å²) >= 11 is 0. The summed E-state index contributed by atoms with van der Waals surface area (Å²) in [7, 11) is 3.32. The van der Waals surface area contributed by atoms with Crippen molar-refractivity contribution >= 4 is 17.5 Å². The normalized spacial score (nSPS) is 15.3. The molecule has 24 heavy (non-hydrogen) atoms. The number of nitrogens with zero attached hydrogens (tertiary/aromatic N) is 4. The third-order valence-electron chi connectivity index (χ3n) is 4.43. The number of anilines is 2. The number of hydrogen-bond donors (Lipinski definition) is 2. The lowest BCUT2D eigenvalue weighted by Crippen LogP contribution is -2.24. The largest absolute Gasteiger partial charge is 0.480 e. The molecule has 0 spiro atoms. The summed E-state index contributed by atoms with van der Waals surface area (Å²) in [6, 6.07) is 1.85. The number of nitrogens with one attached hydrogen (secondary N) is 2. The maximum Gasteiger partial charge on any atom is 0.325 e. The van der Waals surface area contributed by atoms with E-state index in [1.54, 1.807) is 25.0 Å². The van der Waals surface area contributed by atoms with Gasteiger partial charge in [0.1, 0.15) is 11.5 Å². The molecule has 2 aromatic heterocycles. The fraction of sp³-hybridized carbons (Fsp3) is 0.562. The number of methoxy groups -OCH3 is 1. The minimum Gasteiger partial charge on any atom is -0.480 e. The molecule has 0 radical (unpaired) electrons. The van der Waals surface area contributed by atoms with Gasteiger partial charge in [-0.2, -0.15) is 10.2 Å². The maximum atomic E-state index is 12.4. The van der Waals surface area contributed by atoms with Gasteiger partial charge in [0.2, 0.25) is 5.88 Å². The van der Waals surface area contributed by atoms with Crippen molar-refractivity contribution in [2.75, 3.05) is 17.7 Å². The van der Waals surface area contributed by atoms with Gasteiger partial charge in [-0.25, -0.2) is 14.2 Å². The highest BCUT2D eigenvalue weighted by Gasteiger charge is 2.20. The van der Waals surface area contributed by atoms with Crippen molar-refractivity contribution in [2.24, 2.45) is 7.05 Å². The van der Waals surface area contributed by atoms with Gasteiger partial charge in [-0.05, 0) is 19.8 Å². The van der Waals surface area contributed by atoms with E-state index in [-0.39, 0.29) is 6.03 Å². The second-order valence-corrected chi connectivity index (χ2v) is 6.13. The quantitative estimate of drug-likeness (QED) is 0.901. The number of aryl methyl sites for hydroxylation is 2. The fourth-order valence-electron chi connectivity index (χ4n) is 3.31. The monoisotopic (exact) mass is 332 g/mol. The molecule has 130 valence electrons. The highest BCUT2D eigenvalue weighted by Crippen LogP contribution is 2.30. The molecule has 2 heterocycles. The van der Waals surface area contributed by atoms with Crippen molar-refractivity contribution in [1.29, 1.82) is 0 Å². The number of ether oxygens (including phenoxy) is 1. The summed E-state index contributed by atoms with van der Waals surface area (Å²) in [5.74, 6) is 1.23. The van der Waals surface area contributed by atoms with Crippen LogP contribution in [0.5, 0.6) is 5.88 Å². The van der Waals surface area contributed by atoms with Crippen molar-refractivity contribution in [3.63, 3.8) is 0 Å². The first-order chi connectivity index (χ1) is 11.6. The van der Waals surface area contributed by atoms with E-state index >= 15 is 0 Å². The van der Waals surface area contributed by atoms with Crippen LogP contribution in [0.2, 0.25) is 0 Å². The average Bonchev–Trinajstić information content (AvgIpc) is 3.13. The van der Waals surface area contributed by atoms with Crippen LogP contribution in [0.15, 0.2) is 12.3 Å². The predicted molar refractivity (Wildman–Crippen MR) is 91.5 cm³/mol. The fourth-order valence-corrected chi connectivity index (χ4v) is 3.31. The lowest BCUT2D eigenvalue weighted by molar-refractivity contribution is 0.261. The molecule has 2 aromatic rings. The lowest BCUT2D eigenvalue weighted by Gasteiger charge is -2.23. The number of amides is 2. The first-order valence-electron chi connectivity index (χ1n) is 8.29. The van der Waals surface area contributed by atoms with Crippen LogP contribution < -0.4 is 15.4 Å². The molecule has 8 heteroatoms. The van der Waals surface area contributed by atoms with Crippen LogP contribution in [0.25, 0.3) is 0 Å². The van der Waals surface area contributed by atoms with Gasteiger partial charge in [0.15, 0.2) is 0 Å². The Morgan fingerprint density at radius 1 is 1.29 bits per heavy atom. The number of hydrogen-bond acceptors (Lipinski definition) is 4. The van der Waals surface area contributed by atoms with Crippen LogP contribution in [0.4, 0.5) is 16.3 Å². The number of aromatic nitrogens is 4. The number of urea groups is 1. The Labute approximate surface area is 141 Å². The van der Waals surface area contributed by atoms with E-state index in [9.17, 15) is 4.79 Å². The van der Waals surface area contributed by atoms with Crippen LogP contribution in [-0.4, -0.2) is 32.7 Å². The minimum absolute atomic E-state index is 0.332. The maximum absolute atomic E-state index is 12.4. The van der Waals surface area contributed by atoms with Gasteiger partial charge >= 0.3 is 6.03 Å². The van der Waals surface area contributed by atoms with Crippen molar-refractivity contribution in [2.45, 2.75) is 45.1 Å². The number of carbonyl (C=O) groups excluding carboxylic acids is 1. The number of rotatable bonds is 4. The van der Waals surface area contributed by atoms with Crippen LogP contribution in [0, 0.1) is 6.92 Å². The Hall–Kier alpha value is -2.51. The Balaban J connectivity index is 1.71. The van der Waals surface area contributed by atoms with Crippen LogP contribution >= 0.6 is 0 Å². The van der Waals surface area contributed by atoms with Crippen molar-refractivity contribution in [3.05, 3.63) is 18.0 Å². The van der Waals surface area contributed by atoms with Gasteiger partial charge < -0.3 is 10.1 Å². The molecule has 1 aliphatic rings. The third-order valence-corrected chi connectivity index (χ3v) is 4.43. The van der Waals surface area contributed by atoms with Crippen molar-refractivity contribution < 1.29 is 9.53 Å². The Morgan fingerprint density at radius 3 is 2.75 bits per heavy atom. The van der Waals surface area contributed by atoms with Gasteiger partial charge in [-0.15, -0.1) is 0 Å². The van der Waals surface area contributed by atoms with Crippen LogP contribution in [0.1, 0.15) is 43.8 Å². The van der Waals surface area contributed by atoms with E-state index in [1.807, 2.05) is 17.7 Å². The predicted octanol–water partition coefficient (Wildman–Crippen LogP) is 3.08. The van der Waals surface area contributed by atoms with E-state index < -0.39 is 0 Å². The molecule has 0 aromatic carbocycles. The second-order valence-electron chi connectivity index (χ2n) is 6.13. The SMILES string of the molecule is COc1c(NC(=O)Nc2ccnn2C2CCCCC2)c(C)nn1C. The molecule has 3 rings (SSSR count). The first kappa shape index (κ1) is 16.4. The van der Waals surface area contributed by atoms with E-state index in [1.165, 1.54) is 19.3 Å². The molecule has 2 N–H and O–H groups in total. The van der Waals surface area contributed by atoms with Gasteiger partial charge in [0, 0.05) is 13.1 Å². The Morgan fingerprint density at radius 2 is 2.04 bits per heavy atom. The summed E-state index contributed by atoms with van der Waals surface area (Å²) in [6.07, 6.45) is 7.63. The highest BCUT2D eigenvalue weighted by molar-refractivity contribution is 6.00. The zero-order chi connectivity index (χ0) is 17.1. The van der Waals surface area contributed by atoms with Gasteiger partial charge in [0.05, 0.1) is 25.0 Å². The van der Waals surface area contributed by atoms with Gasteiger partial charge in [-0.1, -0.05) is 19.3 Å². The summed E-state index contributed by atoms with van der Waals surface area (Å²) in [6.45, 7) is 1.82. The van der Waals surface area contributed by atoms with Crippen LogP contribution in [-0.2, 0) is 7.05 Å². The Bertz CT molecular complexity index is 714. The number of carbonyl (C=O) groups is 1. The molecule has 1 saturated carbocycles. The summed E-state index contributed by atoms with van der Waals surface area (Å²) in [4.78, 5) is 12.4. The van der Waals surface area contributed by atoms with E-state index in [0.29, 0.717) is 29.1 Å². The Kier molecular flexibility index (Phi) is 4.73. The molecule has 0 aliphatic heterocycles. The van der Waals surface area contributed by atoms with E-state index in [0.717, 1.165) is 12.8 Å². The second kappa shape index (κ2) is 6.94. The smallest absolute Gasteiger partial charge is 0.325 e. The molecule has 0 unspecified atom stereocenters. The zero-order valence-electron chi connectivity index (χ0n) is 14.4. The molecule has 0 bridgehead atoms. The summed E-state index contributed by atoms with van der Waals surface area (Å²) in [5.41, 5.74) is 1.27. The highest BCUT2D eigenvalue weighted by atomic mass is 16.5. The standard InChI is InChI=1S/C16H24N6O2/c1-11-14(15(24-3)21(2)20-11)19-16(23)18-13-9-10-17-22(13)12-7-5-4-6-8-12/h9-10,12H,4-8H2,1-3H3,(H2,18,19,23). The topological polar surface area (TPSA) is 86.0 Å². The summed E-state index contributed by atoms with van der Waals surface area (Å²) in [5, 5.41) is 14.3. The molecule has 0 atom stereocenters. The molecule has 1 fully saturated rings.